The van der Waals surface area contributed by atoms with Crippen molar-refractivity contribution in [1.29, 1.82) is 0 Å². The van der Waals surface area contributed by atoms with Crippen LogP contribution in [-0.2, 0) is 10.0 Å². The summed E-state index contributed by atoms with van der Waals surface area (Å²) in [5, 5.41) is 0.406. The Hall–Kier alpha value is -2.74. The Labute approximate surface area is 130 Å². The fourth-order valence-corrected chi connectivity index (χ4v) is 3.75. The molecule has 0 saturated carbocycles. The van der Waals surface area contributed by atoms with Gasteiger partial charge in [0.05, 0.1) is 5.69 Å². The number of benzene rings is 2. The number of aromatic amines is 1. The molecule has 1 aliphatic rings. The molecule has 2 N–H and O–H groups in total. The molecule has 8 heteroatoms. The lowest BCUT2D eigenvalue weighted by atomic mass is 10.2. The first kappa shape index (κ1) is 13.9. The summed E-state index contributed by atoms with van der Waals surface area (Å²) in [7, 11) is -3.87. The molecule has 4 rings (SSSR count). The van der Waals surface area contributed by atoms with E-state index in [1.54, 1.807) is 18.2 Å². The van der Waals surface area contributed by atoms with Crippen molar-refractivity contribution < 1.29 is 22.3 Å². The van der Waals surface area contributed by atoms with Gasteiger partial charge in [0.1, 0.15) is 10.7 Å². The number of nitrogens with one attached hydrogen (secondary N) is 2. The van der Waals surface area contributed by atoms with Gasteiger partial charge in [-0.2, -0.15) is 0 Å². The summed E-state index contributed by atoms with van der Waals surface area (Å²) in [6.45, 7) is 0.0421. The largest absolute Gasteiger partial charge is 0.454 e. The Morgan fingerprint density at radius 1 is 1.17 bits per heavy atom. The zero-order chi connectivity index (χ0) is 16.0. The van der Waals surface area contributed by atoms with E-state index in [2.05, 4.69) is 9.71 Å². The number of hydrogen-bond acceptors (Lipinski definition) is 4. The van der Waals surface area contributed by atoms with Gasteiger partial charge in [-0.3, -0.25) is 4.72 Å². The van der Waals surface area contributed by atoms with Crippen LogP contribution >= 0.6 is 0 Å². The molecule has 0 fully saturated rings. The van der Waals surface area contributed by atoms with Crippen molar-refractivity contribution in [2.45, 2.75) is 4.90 Å². The first-order chi connectivity index (χ1) is 11.0. The molecule has 23 heavy (non-hydrogen) atoms. The van der Waals surface area contributed by atoms with Crippen molar-refractivity contribution in [1.82, 2.24) is 4.98 Å². The second kappa shape index (κ2) is 4.88. The third-order valence-corrected chi connectivity index (χ3v) is 4.94. The highest BCUT2D eigenvalue weighted by Gasteiger charge is 2.24. The summed E-state index contributed by atoms with van der Waals surface area (Å²) in [5.74, 6) is 0.385. The number of sulfonamides is 1. The van der Waals surface area contributed by atoms with E-state index < -0.39 is 15.8 Å². The molecular weight excluding hydrogens is 323 g/mol. The molecule has 3 aromatic rings. The van der Waals surface area contributed by atoms with Gasteiger partial charge in [-0.25, -0.2) is 12.8 Å². The van der Waals surface area contributed by atoms with Crippen LogP contribution in [0.2, 0.25) is 0 Å². The number of fused-ring (bicyclic) bond motifs is 2. The van der Waals surface area contributed by atoms with E-state index in [0.717, 1.165) is 0 Å². The minimum absolute atomic E-state index is 0.0315. The number of halogens is 1. The van der Waals surface area contributed by atoms with Crippen molar-refractivity contribution in [2.75, 3.05) is 11.5 Å². The smallest absolute Gasteiger partial charge is 0.264 e. The molecule has 0 saturated heterocycles. The van der Waals surface area contributed by atoms with Crippen molar-refractivity contribution in [3.63, 3.8) is 0 Å². The summed E-state index contributed by atoms with van der Waals surface area (Å²) < 4.78 is 51.5. The standard InChI is InChI=1S/C15H11FN2O4S/c16-9-4-5-10-12(6-9)17-7-14(10)23(19,20)18-11-2-1-3-13-15(11)22-8-21-13/h1-7,17-18H,8H2. The molecule has 0 aliphatic carbocycles. The van der Waals surface area contributed by atoms with Gasteiger partial charge < -0.3 is 14.5 Å². The molecule has 2 heterocycles. The number of hydrogen-bond donors (Lipinski definition) is 2. The second-order valence-corrected chi connectivity index (χ2v) is 6.64. The molecule has 0 amide bonds. The zero-order valence-corrected chi connectivity index (χ0v) is 12.5. The van der Waals surface area contributed by atoms with Crippen LogP contribution in [-0.4, -0.2) is 20.2 Å². The van der Waals surface area contributed by atoms with Crippen LogP contribution in [0.4, 0.5) is 10.1 Å². The van der Waals surface area contributed by atoms with Gasteiger partial charge in [-0.15, -0.1) is 0 Å². The number of aromatic nitrogens is 1. The summed E-state index contributed by atoms with van der Waals surface area (Å²) in [5.41, 5.74) is 0.694. The van der Waals surface area contributed by atoms with Gasteiger partial charge in [0.2, 0.25) is 6.79 Å². The summed E-state index contributed by atoms with van der Waals surface area (Å²) in [4.78, 5) is 2.79. The molecule has 6 nitrogen and oxygen atoms in total. The predicted octanol–water partition coefficient (Wildman–Crippen LogP) is 2.84. The van der Waals surface area contributed by atoms with Gasteiger partial charge in [0.25, 0.3) is 10.0 Å². The highest BCUT2D eigenvalue weighted by molar-refractivity contribution is 7.93. The van der Waals surface area contributed by atoms with Crippen LogP contribution in [0.15, 0.2) is 47.5 Å². The highest BCUT2D eigenvalue weighted by atomic mass is 32.2. The maximum Gasteiger partial charge on any atom is 0.264 e. The lowest BCUT2D eigenvalue weighted by Gasteiger charge is -2.09. The van der Waals surface area contributed by atoms with E-state index in [-0.39, 0.29) is 17.4 Å². The molecule has 0 unspecified atom stereocenters. The fourth-order valence-electron chi connectivity index (χ4n) is 2.50. The monoisotopic (exact) mass is 334 g/mol. The molecule has 0 radical (unpaired) electrons. The lowest BCUT2D eigenvalue weighted by Crippen LogP contribution is -2.13. The van der Waals surface area contributed by atoms with Crippen molar-refractivity contribution >= 4 is 26.6 Å². The van der Waals surface area contributed by atoms with E-state index in [1.807, 2.05) is 0 Å². The summed E-state index contributed by atoms with van der Waals surface area (Å²) in [6.07, 6.45) is 1.33. The molecule has 0 spiro atoms. The zero-order valence-electron chi connectivity index (χ0n) is 11.7. The van der Waals surface area contributed by atoms with E-state index in [0.29, 0.717) is 22.4 Å². The maximum absolute atomic E-state index is 13.2. The maximum atomic E-state index is 13.2. The fraction of sp³-hybridized carbons (Fsp3) is 0.0667. The van der Waals surface area contributed by atoms with Crippen LogP contribution in [0, 0.1) is 5.82 Å². The predicted molar refractivity (Wildman–Crippen MR) is 81.6 cm³/mol. The van der Waals surface area contributed by atoms with Gasteiger partial charge in [-0.1, -0.05) is 6.07 Å². The Morgan fingerprint density at radius 2 is 2.04 bits per heavy atom. The molecule has 1 aliphatic heterocycles. The SMILES string of the molecule is O=S(=O)(Nc1cccc2c1OCO2)c1c[nH]c2cc(F)ccc12. The van der Waals surface area contributed by atoms with Gasteiger partial charge >= 0.3 is 0 Å². The van der Waals surface area contributed by atoms with Gasteiger partial charge in [-0.05, 0) is 30.3 Å². The van der Waals surface area contributed by atoms with E-state index >= 15 is 0 Å². The van der Waals surface area contributed by atoms with E-state index in [9.17, 15) is 12.8 Å². The number of para-hydroxylation sites is 1. The van der Waals surface area contributed by atoms with Crippen LogP contribution in [0.1, 0.15) is 0 Å². The van der Waals surface area contributed by atoms with Crippen molar-refractivity contribution in [2.24, 2.45) is 0 Å². The summed E-state index contributed by atoms with van der Waals surface area (Å²) in [6, 6.07) is 8.81. The first-order valence-electron chi connectivity index (χ1n) is 6.73. The van der Waals surface area contributed by atoms with Crippen LogP contribution in [0.3, 0.4) is 0 Å². The lowest BCUT2D eigenvalue weighted by molar-refractivity contribution is 0.174. The molecule has 0 bridgehead atoms. The van der Waals surface area contributed by atoms with Crippen LogP contribution < -0.4 is 14.2 Å². The average Bonchev–Trinajstić information content (AvgIpc) is 3.13. The van der Waals surface area contributed by atoms with Crippen molar-refractivity contribution in [3.8, 4) is 11.5 Å². The third kappa shape index (κ3) is 2.27. The third-order valence-electron chi connectivity index (χ3n) is 3.54. The number of ether oxygens (including phenoxy) is 2. The molecule has 1 aromatic heterocycles. The molecular formula is C15H11FN2O4S. The van der Waals surface area contributed by atoms with Gasteiger partial charge in [0.15, 0.2) is 11.5 Å². The molecule has 2 aromatic carbocycles. The average molecular weight is 334 g/mol. The first-order valence-corrected chi connectivity index (χ1v) is 8.21. The van der Waals surface area contributed by atoms with Gasteiger partial charge in [0, 0.05) is 17.1 Å². The van der Waals surface area contributed by atoms with Crippen molar-refractivity contribution in [3.05, 3.63) is 48.4 Å². The Morgan fingerprint density at radius 3 is 2.91 bits per heavy atom. The van der Waals surface area contributed by atoms with Crippen LogP contribution in [0.5, 0.6) is 11.5 Å². The van der Waals surface area contributed by atoms with E-state index in [4.69, 9.17) is 9.47 Å². The summed E-state index contributed by atoms with van der Waals surface area (Å²) >= 11 is 0. The minimum atomic E-state index is -3.87. The number of H-pyrrole nitrogens is 1. The molecule has 0 atom stereocenters. The number of rotatable bonds is 3. The normalized spacial score (nSPS) is 13.4. The Balaban J connectivity index is 1.77. The Bertz CT molecular complexity index is 1010. The Kier molecular flexibility index (Phi) is 2.95. The minimum Gasteiger partial charge on any atom is -0.454 e. The van der Waals surface area contributed by atoms with E-state index in [1.165, 1.54) is 24.4 Å². The number of anilines is 1. The second-order valence-electron chi connectivity index (χ2n) is 4.99. The van der Waals surface area contributed by atoms with Crippen LogP contribution in [0.25, 0.3) is 10.9 Å². The topological polar surface area (TPSA) is 80.4 Å². The highest BCUT2D eigenvalue weighted by Crippen LogP contribution is 2.40. The molecule has 118 valence electrons. The quantitative estimate of drug-likeness (QED) is 0.772.